The van der Waals surface area contributed by atoms with Gasteiger partial charge in [-0.1, -0.05) is 200 Å². The molecule has 0 radical (unpaired) electrons. The average Bonchev–Trinajstić information content (AvgIpc) is 3.16. The predicted octanol–water partition coefficient (Wildman–Crippen LogP) is 11.8. The van der Waals surface area contributed by atoms with E-state index in [0.29, 0.717) is 12.8 Å². The Morgan fingerprint density at radius 1 is 0.481 bits per heavy atom. The van der Waals surface area contributed by atoms with Crippen molar-refractivity contribution >= 4 is 19.8 Å². The van der Waals surface area contributed by atoms with Crippen molar-refractivity contribution < 1.29 is 47.8 Å². The van der Waals surface area contributed by atoms with E-state index in [0.717, 1.165) is 38.5 Å². The fourth-order valence-corrected chi connectivity index (χ4v) is 7.31. The maximum Gasteiger partial charge on any atom is 0.472 e. The topological polar surface area (TPSA) is 149 Å². The minimum Gasteiger partial charge on any atom is -0.462 e. The lowest BCUT2D eigenvalue weighted by atomic mass is 10.0. The second kappa shape index (κ2) is 40.2. The van der Waals surface area contributed by atoms with Gasteiger partial charge >= 0.3 is 19.8 Å². The van der Waals surface area contributed by atoms with Crippen LogP contribution < -0.4 is 0 Å². The van der Waals surface area contributed by atoms with Gasteiger partial charge in [0, 0.05) is 12.8 Å². The molecule has 0 amide bonds. The molecule has 0 aliphatic rings. The first-order valence-corrected chi connectivity index (χ1v) is 24.0. The van der Waals surface area contributed by atoms with E-state index < -0.39 is 51.8 Å². The van der Waals surface area contributed by atoms with E-state index in [2.05, 4.69) is 13.8 Å². The summed E-state index contributed by atoms with van der Waals surface area (Å²) in [5, 5.41) is 18.3. The SMILES string of the molecule is CCCCCCCCCCCCCCCCCCCCCC(=O)OC(COC(=O)CCCCCCCCCCCCCC)COP(=O)(O)OCC(O)CO. The molecular formula is C43H85O10P. The monoisotopic (exact) mass is 793 g/mol. The van der Waals surface area contributed by atoms with Gasteiger partial charge in [-0.3, -0.25) is 18.6 Å². The zero-order valence-electron chi connectivity index (χ0n) is 35.0. The van der Waals surface area contributed by atoms with Crippen LogP contribution in [0.5, 0.6) is 0 Å². The van der Waals surface area contributed by atoms with E-state index in [-0.39, 0.29) is 19.4 Å². The van der Waals surface area contributed by atoms with Crippen LogP contribution in [-0.2, 0) is 32.7 Å². The van der Waals surface area contributed by atoms with E-state index in [1.807, 2.05) is 0 Å². The summed E-state index contributed by atoms with van der Waals surface area (Å²) in [6.07, 6.45) is 36.4. The van der Waals surface area contributed by atoms with Gasteiger partial charge in [0.2, 0.25) is 0 Å². The fourth-order valence-electron chi connectivity index (χ4n) is 6.52. The summed E-state index contributed by atoms with van der Waals surface area (Å²) in [6, 6.07) is 0. The molecule has 11 heteroatoms. The molecule has 0 aliphatic heterocycles. The molecule has 54 heavy (non-hydrogen) atoms. The van der Waals surface area contributed by atoms with Crippen LogP contribution in [0.15, 0.2) is 0 Å². The first kappa shape index (κ1) is 53.0. The molecule has 0 saturated heterocycles. The largest absolute Gasteiger partial charge is 0.472 e. The van der Waals surface area contributed by atoms with Gasteiger partial charge in [0.25, 0.3) is 0 Å². The molecule has 0 saturated carbocycles. The quantitative estimate of drug-likeness (QED) is 0.0309. The molecule has 0 heterocycles. The molecule has 0 aliphatic carbocycles. The third-order valence-corrected chi connectivity index (χ3v) is 11.0. The Kier molecular flexibility index (Phi) is 39.4. The van der Waals surface area contributed by atoms with Crippen molar-refractivity contribution in [1.82, 2.24) is 0 Å². The van der Waals surface area contributed by atoms with Gasteiger partial charge in [-0.05, 0) is 12.8 Å². The molecule has 0 aromatic carbocycles. The number of ether oxygens (including phenoxy) is 2. The van der Waals surface area contributed by atoms with Crippen molar-refractivity contribution in [2.45, 2.75) is 238 Å². The number of rotatable bonds is 43. The third kappa shape index (κ3) is 39.2. The molecule has 0 aromatic rings. The molecule has 0 fully saturated rings. The molecule has 3 N–H and O–H groups in total. The zero-order valence-corrected chi connectivity index (χ0v) is 35.9. The van der Waals surface area contributed by atoms with E-state index in [1.165, 1.54) is 148 Å². The molecule has 10 nitrogen and oxygen atoms in total. The fraction of sp³-hybridized carbons (Fsp3) is 0.953. The highest BCUT2D eigenvalue weighted by Gasteiger charge is 2.27. The van der Waals surface area contributed by atoms with Crippen molar-refractivity contribution in [2.24, 2.45) is 0 Å². The Bertz CT molecular complexity index is 873. The number of aliphatic hydroxyl groups is 2. The summed E-state index contributed by atoms with van der Waals surface area (Å²) in [7, 11) is -4.61. The highest BCUT2D eigenvalue weighted by atomic mass is 31.2. The second-order valence-electron chi connectivity index (χ2n) is 15.4. The van der Waals surface area contributed by atoms with E-state index in [4.69, 9.17) is 23.6 Å². The molecule has 0 aromatic heterocycles. The van der Waals surface area contributed by atoms with Crippen LogP contribution in [-0.4, -0.2) is 65.7 Å². The highest BCUT2D eigenvalue weighted by molar-refractivity contribution is 7.47. The molecule has 3 atom stereocenters. The number of phosphoric ester groups is 1. The van der Waals surface area contributed by atoms with E-state index in [9.17, 15) is 24.2 Å². The normalized spacial score (nSPS) is 13.8. The Morgan fingerprint density at radius 2 is 0.796 bits per heavy atom. The highest BCUT2D eigenvalue weighted by Crippen LogP contribution is 2.43. The van der Waals surface area contributed by atoms with E-state index >= 15 is 0 Å². The van der Waals surface area contributed by atoms with Crippen LogP contribution in [0.2, 0.25) is 0 Å². The number of unbranched alkanes of at least 4 members (excludes halogenated alkanes) is 29. The Hall–Kier alpha value is -1.03. The van der Waals surface area contributed by atoms with Gasteiger partial charge in [0.15, 0.2) is 6.10 Å². The van der Waals surface area contributed by atoms with Crippen molar-refractivity contribution in [2.75, 3.05) is 26.4 Å². The maximum atomic E-state index is 12.6. The molecular weight excluding hydrogens is 707 g/mol. The Balaban J connectivity index is 4.19. The summed E-state index contributed by atoms with van der Waals surface area (Å²) in [6.45, 7) is 2.42. The van der Waals surface area contributed by atoms with Crippen molar-refractivity contribution in [3.05, 3.63) is 0 Å². The lowest BCUT2D eigenvalue weighted by Gasteiger charge is -2.20. The number of carbonyl (C=O) groups excluding carboxylic acids is 2. The lowest BCUT2D eigenvalue weighted by molar-refractivity contribution is -0.161. The van der Waals surface area contributed by atoms with Gasteiger partial charge in [0.05, 0.1) is 19.8 Å². The van der Waals surface area contributed by atoms with E-state index in [1.54, 1.807) is 0 Å². The summed E-state index contributed by atoms with van der Waals surface area (Å²) >= 11 is 0. The molecule has 0 bridgehead atoms. The lowest BCUT2D eigenvalue weighted by Crippen LogP contribution is -2.29. The molecule has 3 unspecified atom stereocenters. The molecule has 0 spiro atoms. The van der Waals surface area contributed by atoms with Gasteiger partial charge < -0.3 is 24.6 Å². The zero-order chi connectivity index (χ0) is 39.8. The number of phosphoric acid groups is 1. The number of hydrogen-bond acceptors (Lipinski definition) is 9. The standard InChI is InChI=1S/C43H85O10P/c1-3-5-7-9-11-13-15-17-18-19-20-21-22-23-25-27-29-31-33-35-43(47)53-41(39-52-54(48,49)51-37-40(45)36-44)38-50-42(46)34-32-30-28-26-24-16-14-12-10-8-6-4-2/h40-41,44-45H,3-39H2,1-2H3,(H,48,49). The Labute approximate surface area is 331 Å². The van der Waals surface area contributed by atoms with Crippen LogP contribution >= 0.6 is 7.82 Å². The van der Waals surface area contributed by atoms with Gasteiger partial charge in [-0.15, -0.1) is 0 Å². The first-order valence-electron chi connectivity index (χ1n) is 22.5. The van der Waals surface area contributed by atoms with Gasteiger partial charge in [-0.25, -0.2) is 4.57 Å². The summed E-state index contributed by atoms with van der Waals surface area (Å²) in [5.74, 6) is -0.909. The smallest absolute Gasteiger partial charge is 0.462 e. The minimum atomic E-state index is -4.61. The van der Waals surface area contributed by atoms with Crippen LogP contribution in [0.25, 0.3) is 0 Å². The maximum absolute atomic E-state index is 12.6. The Morgan fingerprint density at radius 3 is 1.15 bits per heavy atom. The number of hydrogen-bond donors (Lipinski definition) is 3. The number of carbonyl (C=O) groups is 2. The predicted molar refractivity (Wildman–Crippen MR) is 219 cm³/mol. The average molecular weight is 793 g/mol. The van der Waals surface area contributed by atoms with Gasteiger partial charge in [-0.2, -0.15) is 0 Å². The van der Waals surface area contributed by atoms with Gasteiger partial charge in [0.1, 0.15) is 12.7 Å². The van der Waals surface area contributed by atoms with Crippen LogP contribution in [0, 0.1) is 0 Å². The molecule has 322 valence electrons. The van der Waals surface area contributed by atoms with Crippen LogP contribution in [0.1, 0.15) is 226 Å². The summed E-state index contributed by atoms with van der Waals surface area (Å²) < 4.78 is 32.7. The summed E-state index contributed by atoms with van der Waals surface area (Å²) in [4.78, 5) is 35.0. The third-order valence-electron chi connectivity index (χ3n) is 10.0. The second-order valence-corrected chi connectivity index (χ2v) is 16.9. The van der Waals surface area contributed by atoms with Crippen LogP contribution in [0.3, 0.4) is 0 Å². The molecule has 0 rings (SSSR count). The minimum absolute atomic E-state index is 0.193. The number of esters is 2. The first-order chi connectivity index (χ1) is 26.2. The van der Waals surface area contributed by atoms with Crippen molar-refractivity contribution in [1.29, 1.82) is 0 Å². The van der Waals surface area contributed by atoms with Crippen molar-refractivity contribution in [3.8, 4) is 0 Å². The van der Waals surface area contributed by atoms with Crippen LogP contribution in [0.4, 0.5) is 0 Å². The summed E-state index contributed by atoms with van der Waals surface area (Å²) in [5.41, 5.74) is 0. The van der Waals surface area contributed by atoms with Crippen molar-refractivity contribution in [3.63, 3.8) is 0 Å². The number of aliphatic hydroxyl groups excluding tert-OH is 2.